The van der Waals surface area contributed by atoms with Crippen LogP contribution >= 0.6 is 0 Å². The van der Waals surface area contributed by atoms with Gasteiger partial charge in [-0.3, -0.25) is 0 Å². The average molecular weight is 240 g/mol. The molecule has 0 unspecified atom stereocenters. The molecule has 1 N–H and O–H groups in total. The first-order valence-electron chi connectivity index (χ1n) is 6.12. The predicted molar refractivity (Wildman–Crippen MR) is 70.4 cm³/mol. The van der Waals surface area contributed by atoms with Crippen molar-refractivity contribution in [1.82, 2.24) is 14.5 Å². The zero-order chi connectivity index (χ0) is 12.5. The fourth-order valence-electron chi connectivity index (χ4n) is 1.63. The molecular weight excluding hydrogens is 216 g/mol. The third-order valence-electron chi connectivity index (χ3n) is 2.53. The third kappa shape index (κ3) is 5.70. The number of methoxy groups -OCH3 is 1. The van der Waals surface area contributed by atoms with Gasteiger partial charge in [0.25, 0.3) is 0 Å². The summed E-state index contributed by atoms with van der Waals surface area (Å²) in [6.07, 6.45) is 5.97. The Balaban J connectivity index is 2.25. The lowest BCUT2D eigenvalue weighted by molar-refractivity contribution is 0.190. The smallest absolute Gasteiger partial charge is 0.202 e. The van der Waals surface area contributed by atoms with Crippen LogP contribution in [0.5, 0.6) is 0 Å². The van der Waals surface area contributed by atoms with E-state index in [9.17, 15) is 0 Å². The molecule has 5 nitrogen and oxygen atoms in total. The van der Waals surface area contributed by atoms with E-state index < -0.39 is 0 Å². The van der Waals surface area contributed by atoms with Crippen molar-refractivity contribution in [2.24, 2.45) is 0 Å². The van der Waals surface area contributed by atoms with Crippen molar-refractivity contribution in [3.63, 3.8) is 0 Å². The van der Waals surface area contributed by atoms with Crippen LogP contribution in [0.4, 0.5) is 5.95 Å². The van der Waals surface area contributed by atoms with Gasteiger partial charge in [0.15, 0.2) is 0 Å². The lowest BCUT2D eigenvalue weighted by atomic mass is 10.4. The maximum atomic E-state index is 5.05. The van der Waals surface area contributed by atoms with Gasteiger partial charge in [0.05, 0.1) is 0 Å². The molecule has 5 heteroatoms. The van der Waals surface area contributed by atoms with E-state index in [1.807, 2.05) is 12.4 Å². The van der Waals surface area contributed by atoms with Gasteiger partial charge in [-0.25, -0.2) is 4.98 Å². The van der Waals surface area contributed by atoms with Crippen LogP contribution in [0.3, 0.4) is 0 Å². The number of anilines is 1. The highest BCUT2D eigenvalue weighted by Crippen LogP contribution is 2.05. The molecule has 1 aromatic rings. The van der Waals surface area contributed by atoms with Crippen molar-refractivity contribution in [3.8, 4) is 0 Å². The summed E-state index contributed by atoms with van der Waals surface area (Å²) in [4.78, 5) is 6.50. The second-order valence-electron chi connectivity index (χ2n) is 4.37. The highest BCUT2D eigenvalue weighted by atomic mass is 16.5. The fourth-order valence-corrected chi connectivity index (χ4v) is 1.63. The molecule has 0 aromatic carbocycles. The Morgan fingerprint density at radius 1 is 1.41 bits per heavy atom. The Kier molecular flexibility index (Phi) is 6.65. The van der Waals surface area contributed by atoms with Crippen LogP contribution < -0.4 is 5.32 Å². The number of nitrogens with one attached hydrogen (secondary N) is 1. The van der Waals surface area contributed by atoms with Gasteiger partial charge in [-0.15, -0.1) is 0 Å². The Labute approximate surface area is 104 Å². The van der Waals surface area contributed by atoms with E-state index in [0.29, 0.717) is 0 Å². The monoisotopic (exact) mass is 240 g/mol. The summed E-state index contributed by atoms with van der Waals surface area (Å²) in [5, 5.41) is 3.36. The van der Waals surface area contributed by atoms with Crippen LogP contribution in [0.2, 0.25) is 0 Å². The molecule has 98 valence electrons. The normalized spacial score (nSPS) is 11.1. The number of hydrogen-bond acceptors (Lipinski definition) is 4. The van der Waals surface area contributed by atoms with Gasteiger partial charge in [-0.2, -0.15) is 0 Å². The minimum Gasteiger partial charge on any atom is -0.385 e. The van der Waals surface area contributed by atoms with Gasteiger partial charge in [-0.05, 0) is 33.5 Å². The molecule has 0 spiro atoms. The molecule has 0 fully saturated rings. The van der Waals surface area contributed by atoms with Crippen molar-refractivity contribution in [1.29, 1.82) is 0 Å². The van der Waals surface area contributed by atoms with E-state index in [-0.39, 0.29) is 0 Å². The standard InChI is InChI=1S/C12H24N4O/c1-15(2)8-4-6-13-12-14-7-10-16(12)9-5-11-17-3/h7,10H,4-6,8-9,11H2,1-3H3,(H,13,14). The summed E-state index contributed by atoms with van der Waals surface area (Å²) in [6.45, 7) is 3.79. The summed E-state index contributed by atoms with van der Waals surface area (Å²) in [5.41, 5.74) is 0. The molecule has 0 aliphatic rings. The second-order valence-corrected chi connectivity index (χ2v) is 4.37. The van der Waals surface area contributed by atoms with E-state index in [4.69, 9.17) is 4.74 Å². The summed E-state index contributed by atoms with van der Waals surface area (Å²) in [5.74, 6) is 0.958. The molecule has 0 bridgehead atoms. The van der Waals surface area contributed by atoms with Crippen LogP contribution in [0.15, 0.2) is 12.4 Å². The fraction of sp³-hybridized carbons (Fsp3) is 0.750. The summed E-state index contributed by atoms with van der Waals surface area (Å²) >= 11 is 0. The Bertz CT molecular complexity index is 298. The molecule has 0 saturated carbocycles. The Morgan fingerprint density at radius 2 is 2.24 bits per heavy atom. The van der Waals surface area contributed by atoms with Crippen molar-refractivity contribution >= 4 is 5.95 Å². The number of hydrogen-bond donors (Lipinski definition) is 1. The molecule has 0 saturated heterocycles. The zero-order valence-electron chi connectivity index (χ0n) is 11.1. The number of imidazole rings is 1. The van der Waals surface area contributed by atoms with Crippen LogP contribution in [0.25, 0.3) is 0 Å². The lowest BCUT2D eigenvalue weighted by Gasteiger charge is -2.11. The van der Waals surface area contributed by atoms with Crippen LogP contribution in [0.1, 0.15) is 12.8 Å². The zero-order valence-corrected chi connectivity index (χ0v) is 11.1. The number of rotatable bonds is 9. The number of aryl methyl sites for hydroxylation is 1. The van der Waals surface area contributed by atoms with E-state index >= 15 is 0 Å². The van der Waals surface area contributed by atoms with Crippen LogP contribution in [-0.2, 0) is 11.3 Å². The van der Waals surface area contributed by atoms with E-state index in [1.165, 1.54) is 0 Å². The molecule has 17 heavy (non-hydrogen) atoms. The molecular formula is C12H24N4O. The van der Waals surface area contributed by atoms with Crippen molar-refractivity contribution in [2.45, 2.75) is 19.4 Å². The molecule has 0 aliphatic heterocycles. The Morgan fingerprint density at radius 3 is 2.94 bits per heavy atom. The third-order valence-corrected chi connectivity index (χ3v) is 2.53. The first-order valence-corrected chi connectivity index (χ1v) is 6.12. The van der Waals surface area contributed by atoms with Crippen molar-refractivity contribution in [3.05, 3.63) is 12.4 Å². The lowest BCUT2D eigenvalue weighted by Crippen LogP contribution is -2.17. The number of nitrogens with zero attached hydrogens (tertiary/aromatic N) is 3. The predicted octanol–water partition coefficient (Wildman–Crippen LogP) is 1.28. The van der Waals surface area contributed by atoms with E-state index in [0.717, 1.165) is 45.0 Å². The molecule has 0 amide bonds. The first-order chi connectivity index (χ1) is 8.24. The number of aromatic nitrogens is 2. The SMILES string of the molecule is COCCCn1ccnc1NCCCN(C)C. The summed E-state index contributed by atoms with van der Waals surface area (Å²) in [6, 6.07) is 0. The van der Waals surface area contributed by atoms with E-state index in [1.54, 1.807) is 7.11 Å². The summed E-state index contributed by atoms with van der Waals surface area (Å²) < 4.78 is 7.18. The van der Waals surface area contributed by atoms with Gasteiger partial charge in [0, 0.05) is 39.2 Å². The molecule has 0 atom stereocenters. The van der Waals surface area contributed by atoms with Crippen LogP contribution in [0, 0.1) is 0 Å². The van der Waals surface area contributed by atoms with Gasteiger partial charge in [0.1, 0.15) is 0 Å². The molecule has 1 heterocycles. The molecule has 0 radical (unpaired) electrons. The summed E-state index contributed by atoms with van der Waals surface area (Å²) in [7, 11) is 5.91. The largest absolute Gasteiger partial charge is 0.385 e. The minimum absolute atomic E-state index is 0.790. The van der Waals surface area contributed by atoms with Gasteiger partial charge < -0.3 is 19.5 Å². The van der Waals surface area contributed by atoms with E-state index in [2.05, 4.69) is 33.9 Å². The van der Waals surface area contributed by atoms with Crippen LogP contribution in [-0.4, -0.2) is 55.4 Å². The maximum absolute atomic E-state index is 5.05. The first kappa shape index (κ1) is 14.0. The quantitative estimate of drug-likeness (QED) is 0.660. The van der Waals surface area contributed by atoms with Crippen molar-refractivity contribution < 1.29 is 4.74 Å². The average Bonchev–Trinajstić information content (AvgIpc) is 2.72. The second kappa shape index (κ2) is 8.08. The van der Waals surface area contributed by atoms with Crippen molar-refractivity contribution in [2.75, 3.05) is 46.2 Å². The molecule has 1 aromatic heterocycles. The molecule has 1 rings (SSSR count). The maximum Gasteiger partial charge on any atom is 0.202 e. The topological polar surface area (TPSA) is 42.3 Å². The molecule has 0 aliphatic carbocycles. The highest BCUT2D eigenvalue weighted by molar-refractivity contribution is 5.25. The van der Waals surface area contributed by atoms with Gasteiger partial charge in [0.2, 0.25) is 5.95 Å². The minimum atomic E-state index is 0.790. The highest BCUT2D eigenvalue weighted by Gasteiger charge is 2.01. The van der Waals surface area contributed by atoms with Gasteiger partial charge in [-0.1, -0.05) is 0 Å². The number of ether oxygens (including phenoxy) is 1. The van der Waals surface area contributed by atoms with Gasteiger partial charge >= 0.3 is 0 Å². The Hall–Kier alpha value is -1.07.